The van der Waals surface area contributed by atoms with Crippen LogP contribution in [0.1, 0.15) is 40.0 Å². The van der Waals surface area contributed by atoms with E-state index >= 15 is 0 Å². The Morgan fingerprint density at radius 3 is 2.88 bits per heavy atom. The van der Waals surface area contributed by atoms with E-state index in [1.807, 2.05) is 0 Å². The van der Waals surface area contributed by atoms with E-state index in [9.17, 15) is 14.7 Å². The number of ether oxygens (including phenoxy) is 2. The number of allylic oxidation sites excluding steroid dienone is 1. The highest BCUT2D eigenvalue weighted by Crippen LogP contribution is 2.57. The molecule has 132 valence electrons. The van der Waals surface area contributed by atoms with Crippen LogP contribution in [0.4, 0.5) is 0 Å². The first-order chi connectivity index (χ1) is 11.3. The van der Waals surface area contributed by atoms with Gasteiger partial charge < -0.3 is 14.6 Å². The molecule has 0 bridgehead atoms. The van der Waals surface area contributed by atoms with Crippen molar-refractivity contribution in [2.24, 2.45) is 23.2 Å². The summed E-state index contributed by atoms with van der Waals surface area (Å²) < 4.78 is 11.3. The van der Waals surface area contributed by atoms with E-state index in [0.29, 0.717) is 18.4 Å². The van der Waals surface area contributed by atoms with E-state index in [-0.39, 0.29) is 23.9 Å². The number of hydrogen-bond acceptors (Lipinski definition) is 5. The lowest BCUT2D eigenvalue weighted by atomic mass is 9.68. The molecule has 2 aliphatic carbocycles. The van der Waals surface area contributed by atoms with E-state index in [4.69, 9.17) is 9.47 Å². The molecular formula is C19H26O5. The van der Waals surface area contributed by atoms with Gasteiger partial charge in [-0.2, -0.15) is 0 Å². The summed E-state index contributed by atoms with van der Waals surface area (Å²) in [5.74, 6) is -0.981. The molecule has 3 fully saturated rings. The number of aliphatic hydroxyl groups excluding tert-OH is 1. The van der Waals surface area contributed by atoms with Crippen LogP contribution >= 0.6 is 0 Å². The standard InChI is InChI=1S/C19H26O5/c1-5-6-14(21)24-17-15-11(3)18(22)23-13(15)9-10(2)16-12(20)7-8-19(16,17)4/h5-6,10,12-13,15-17,20H,3,7-9H2,1-2,4H3/b6-5+/t10-,12+,13-,15-,16-,17+,19-/m0/s1. The molecule has 5 heteroatoms. The molecule has 5 nitrogen and oxygen atoms in total. The Morgan fingerprint density at radius 2 is 2.21 bits per heavy atom. The third-order valence-electron chi connectivity index (χ3n) is 6.22. The van der Waals surface area contributed by atoms with Gasteiger partial charge in [0, 0.05) is 17.1 Å². The summed E-state index contributed by atoms with van der Waals surface area (Å²) in [6.45, 7) is 9.81. The zero-order chi connectivity index (χ0) is 17.6. The van der Waals surface area contributed by atoms with E-state index < -0.39 is 29.6 Å². The molecule has 2 saturated carbocycles. The Morgan fingerprint density at radius 1 is 1.50 bits per heavy atom. The summed E-state index contributed by atoms with van der Waals surface area (Å²) in [6, 6.07) is 0. The molecule has 0 spiro atoms. The quantitative estimate of drug-likeness (QED) is 0.620. The number of rotatable bonds is 2. The molecule has 0 aromatic carbocycles. The zero-order valence-electron chi connectivity index (χ0n) is 14.5. The van der Waals surface area contributed by atoms with Crippen molar-refractivity contribution in [1.29, 1.82) is 0 Å². The van der Waals surface area contributed by atoms with Gasteiger partial charge in [-0.1, -0.05) is 26.5 Å². The molecule has 0 amide bonds. The number of carbonyl (C=O) groups is 2. The highest BCUT2D eigenvalue weighted by molar-refractivity contribution is 5.91. The monoisotopic (exact) mass is 334 g/mol. The molecule has 7 atom stereocenters. The first-order valence-corrected chi connectivity index (χ1v) is 8.70. The molecule has 0 aromatic heterocycles. The fraction of sp³-hybridized carbons (Fsp3) is 0.684. The maximum Gasteiger partial charge on any atom is 0.334 e. The normalized spacial score (nSPS) is 44.8. The number of hydrogen-bond donors (Lipinski definition) is 1. The van der Waals surface area contributed by atoms with Crippen molar-refractivity contribution in [3.8, 4) is 0 Å². The number of carbonyl (C=O) groups excluding carboxylic acids is 2. The topological polar surface area (TPSA) is 72.8 Å². The Hall–Kier alpha value is -1.62. The molecule has 1 heterocycles. The first-order valence-electron chi connectivity index (χ1n) is 8.70. The highest BCUT2D eigenvalue weighted by Gasteiger charge is 2.61. The van der Waals surface area contributed by atoms with Crippen molar-refractivity contribution < 1.29 is 24.2 Å². The van der Waals surface area contributed by atoms with Crippen LogP contribution in [0.2, 0.25) is 0 Å². The highest BCUT2D eigenvalue weighted by atomic mass is 16.6. The summed E-state index contributed by atoms with van der Waals surface area (Å²) in [7, 11) is 0. The van der Waals surface area contributed by atoms with Crippen molar-refractivity contribution >= 4 is 11.9 Å². The van der Waals surface area contributed by atoms with Crippen LogP contribution in [0.25, 0.3) is 0 Å². The molecule has 0 unspecified atom stereocenters. The van der Waals surface area contributed by atoms with Gasteiger partial charge in [-0.25, -0.2) is 9.59 Å². The number of fused-ring (bicyclic) bond motifs is 2. The van der Waals surface area contributed by atoms with Crippen molar-refractivity contribution in [1.82, 2.24) is 0 Å². The summed E-state index contributed by atoms with van der Waals surface area (Å²) in [6.07, 6.45) is 3.83. The third-order valence-corrected chi connectivity index (χ3v) is 6.22. The third kappa shape index (κ3) is 2.50. The lowest BCUT2D eigenvalue weighted by Gasteiger charge is -2.41. The Bertz CT molecular complexity index is 595. The van der Waals surface area contributed by atoms with Crippen LogP contribution in [0.5, 0.6) is 0 Å². The number of aliphatic hydroxyl groups is 1. The van der Waals surface area contributed by atoms with Gasteiger partial charge in [0.25, 0.3) is 0 Å². The predicted octanol–water partition coefficient (Wildman–Crippen LogP) is 2.39. The predicted molar refractivity (Wildman–Crippen MR) is 87.8 cm³/mol. The minimum atomic E-state index is -0.516. The van der Waals surface area contributed by atoms with Crippen LogP contribution in [0.15, 0.2) is 24.3 Å². The van der Waals surface area contributed by atoms with Crippen LogP contribution in [0.3, 0.4) is 0 Å². The van der Waals surface area contributed by atoms with Gasteiger partial charge in [-0.05, 0) is 38.0 Å². The van der Waals surface area contributed by atoms with Crippen LogP contribution in [0, 0.1) is 23.2 Å². The van der Waals surface area contributed by atoms with Gasteiger partial charge in [0.05, 0.1) is 12.0 Å². The molecular weight excluding hydrogens is 308 g/mol. The summed E-state index contributed by atoms with van der Waals surface area (Å²) in [4.78, 5) is 24.2. The van der Waals surface area contributed by atoms with E-state index in [0.717, 1.165) is 6.42 Å². The molecule has 1 saturated heterocycles. The van der Waals surface area contributed by atoms with Gasteiger partial charge in [0.15, 0.2) is 0 Å². The average molecular weight is 334 g/mol. The second kappa shape index (κ2) is 6.03. The molecule has 24 heavy (non-hydrogen) atoms. The minimum Gasteiger partial charge on any atom is -0.458 e. The summed E-state index contributed by atoms with van der Waals surface area (Å²) in [5.41, 5.74) is -0.0133. The molecule has 0 radical (unpaired) electrons. The Labute approximate surface area is 142 Å². The van der Waals surface area contributed by atoms with Crippen LogP contribution < -0.4 is 0 Å². The average Bonchev–Trinajstić information content (AvgIpc) is 2.92. The second-order valence-corrected chi connectivity index (χ2v) is 7.70. The molecule has 3 aliphatic rings. The minimum absolute atomic E-state index is 0.0120. The van der Waals surface area contributed by atoms with Gasteiger partial charge in [0.2, 0.25) is 0 Å². The Kier molecular flexibility index (Phi) is 4.32. The summed E-state index contributed by atoms with van der Waals surface area (Å²) in [5, 5.41) is 10.5. The van der Waals surface area contributed by atoms with Crippen molar-refractivity contribution in [2.45, 2.75) is 58.3 Å². The van der Waals surface area contributed by atoms with Gasteiger partial charge in [-0.15, -0.1) is 0 Å². The lowest BCUT2D eigenvalue weighted by molar-refractivity contribution is -0.157. The molecule has 1 N–H and O–H groups in total. The second-order valence-electron chi connectivity index (χ2n) is 7.70. The fourth-order valence-electron chi connectivity index (χ4n) is 5.26. The van der Waals surface area contributed by atoms with E-state index in [1.54, 1.807) is 13.0 Å². The maximum absolute atomic E-state index is 12.2. The van der Waals surface area contributed by atoms with Gasteiger partial charge >= 0.3 is 11.9 Å². The van der Waals surface area contributed by atoms with Crippen molar-refractivity contribution in [2.75, 3.05) is 0 Å². The zero-order valence-corrected chi connectivity index (χ0v) is 14.5. The SMILES string of the molecule is C=C1C(=O)O[C@H]2C[C@H](C)[C@H]3[C@H](O)CC[C@]3(C)[C@H](OC(=O)/C=C/C)[C@@H]12. The van der Waals surface area contributed by atoms with Crippen LogP contribution in [-0.2, 0) is 19.1 Å². The van der Waals surface area contributed by atoms with Crippen molar-refractivity contribution in [3.63, 3.8) is 0 Å². The Balaban J connectivity index is 2.04. The largest absolute Gasteiger partial charge is 0.458 e. The van der Waals surface area contributed by atoms with E-state index in [2.05, 4.69) is 20.4 Å². The van der Waals surface area contributed by atoms with Gasteiger partial charge in [0.1, 0.15) is 12.2 Å². The smallest absolute Gasteiger partial charge is 0.334 e. The fourth-order valence-corrected chi connectivity index (χ4v) is 5.26. The molecule has 0 aromatic rings. The van der Waals surface area contributed by atoms with Crippen LogP contribution in [-0.4, -0.2) is 35.4 Å². The summed E-state index contributed by atoms with van der Waals surface area (Å²) >= 11 is 0. The molecule has 1 aliphatic heterocycles. The van der Waals surface area contributed by atoms with Gasteiger partial charge in [-0.3, -0.25) is 0 Å². The number of esters is 2. The van der Waals surface area contributed by atoms with E-state index in [1.165, 1.54) is 6.08 Å². The van der Waals surface area contributed by atoms with Crippen molar-refractivity contribution in [3.05, 3.63) is 24.3 Å². The maximum atomic E-state index is 12.2. The first kappa shape index (κ1) is 17.2. The lowest BCUT2D eigenvalue weighted by Crippen LogP contribution is -2.46. The molecule has 3 rings (SSSR count).